The molecular formula is C83H157NO5. The first-order valence-corrected chi connectivity index (χ1v) is 40.4. The van der Waals surface area contributed by atoms with Crippen molar-refractivity contribution in [1.29, 1.82) is 0 Å². The van der Waals surface area contributed by atoms with Crippen molar-refractivity contribution < 1.29 is 24.5 Å². The van der Waals surface area contributed by atoms with Gasteiger partial charge in [-0.15, -0.1) is 0 Å². The Morgan fingerprint density at radius 3 is 0.876 bits per heavy atom. The Morgan fingerprint density at radius 2 is 0.562 bits per heavy atom. The van der Waals surface area contributed by atoms with Gasteiger partial charge in [-0.3, -0.25) is 9.59 Å². The van der Waals surface area contributed by atoms with Crippen molar-refractivity contribution in [2.75, 3.05) is 13.2 Å². The number of amides is 1. The van der Waals surface area contributed by atoms with Crippen molar-refractivity contribution in [3.05, 3.63) is 48.6 Å². The summed E-state index contributed by atoms with van der Waals surface area (Å²) in [5, 5.41) is 23.4. The number of hydrogen-bond donors (Lipinski definition) is 3. The lowest BCUT2D eigenvalue weighted by atomic mass is 10.0. The summed E-state index contributed by atoms with van der Waals surface area (Å²) in [6, 6.07) is -0.540. The summed E-state index contributed by atoms with van der Waals surface area (Å²) in [4.78, 5) is 24.7. The van der Waals surface area contributed by atoms with Crippen LogP contribution in [-0.4, -0.2) is 47.4 Å². The molecule has 0 spiro atoms. The highest BCUT2D eigenvalue weighted by Gasteiger charge is 2.20. The number of carbonyl (C=O) groups excluding carboxylic acids is 2. The lowest BCUT2D eigenvalue weighted by Gasteiger charge is -2.22. The van der Waals surface area contributed by atoms with E-state index in [-0.39, 0.29) is 18.5 Å². The fourth-order valence-electron chi connectivity index (χ4n) is 12.7. The van der Waals surface area contributed by atoms with E-state index in [1.54, 1.807) is 0 Å². The summed E-state index contributed by atoms with van der Waals surface area (Å²) >= 11 is 0. The number of allylic oxidation sites excluding steroid dienone is 8. The molecule has 0 aromatic carbocycles. The number of esters is 1. The second-order valence-electron chi connectivity index (χ2n) is 27.7. The minimum Gasteiger partial charge on any atom is -0.466 e. The Morgan fingerprint density at radius 1 is 0.315 bits per heavy atom. The first-order chi connectivity index (χ1) is 44.0. The average molecular weight is 1250 g/mol. The van der Waals surface area contributed by atoms with Gasteiger partial charge in [0.05, 0.1) is 25.4 Å². The van der Waals surface area contributed by atoms with Crippen LogP contribution in [0.2, 0.25) is 0 Å². The van der Waals surface area contributed by atoms with Gasteiger partial charge in [0.1, 0.15) is 0 Å². The van der Waals surface area contributed by atoms with Gasteiger partial charge in [0.25, 0.3) is 0 Å². The van der Waals surface area contributed by atoms with E-state index in [9.17, 15) is 19.8 Å². The lowest BCUT2D eigenvalue weighted by molar-refractivity contribution is -0.143. The molecule has 89 heavy (non-hydrogen) atoms. The Hall–Kier alpha value is -2.18. The van der Waals surface area contributed by atoms with E-state index >= 15 is 0 Å². The van der Waals surface area contributed by atoms with Crippen LogP contribution >= 0.6 is 0 Å². The molecular weight excluding hydrogens is 1090 g/mol. The molecule has 0 aromatic heterocycles. The molecule has 0 heterocycles. The molecule has 6 nitrogen and oxygen atoms in total. The molecule has 0 aliphatic heterocycles. The molecule has 3 N–H and O–H groups in total. The molecule has 2 unspecified atom stereocenters. The highest BCUT2D eigenvalue weighted by Crippen LogP contribution is 2.20. The molecule has 1 amide bonds. The number of aliphatic hydroxyl groups excluding tert-OH is 2. The van der Waals surface area contributed by atoms with E-state index in [1.165, 1.54) is 353 Å². The van der Waals surface area contributed by atoms with E-state index in [1.807, 2.05) is 0 Å². The summed E-state index contributed by atoms with van der Waals surface area (Å²) in [5.41, 5.74) is 0. The van der Waals surface area contributed by atoms with Gasteiger partial charge >= 0.3 is 5.97 Å². The number of rotatable bonds is 76. The monoisotopic (exact) mass is 1250 g/mol. The Bertz CT molecular complexity index is 1490. The van der Waals surface area contributed by atoms with Crippen molar-refractivity contribution in [1.82, 2.24) is 5.32 Å². The van der Waals surface area contributed by atoms with Crippen molar-refractivity contribution in [3.8, 4) is 0 Å². The number of aliphatic hydroxyl groups is 2. The van der Waals surface area contributed by atoms with Gasteiger partial charge in [-0.2, -0.15) is 0 Å². The zero-order valence-electron chi connectivity index (χ0n) is 60.2. The zero-order valence-corrected chi connectivity index (χ0v) is 60.2. The summed E-state index contributed by atoms with van der Waals surface area (Å²) in [5.74, 6) is -0.0134. The quantitative estimate of drug-likeness (QED) is 0.0320. The van der Waals surface area contributed by atoms with Gasteiger partial charge in [-0.1, -0.05) is 390 Å². The molecule has 6 heteroatoms. The molecule has 0 aliphatic carbocycles. The summed E-state index contributed by atoms with van der Waals surface area (Å²) < 4.78 is 5.51. The maximum atomic E-state index is 12.5. The first kappa shape index (κ1) is 86.8. The summed E-state index contributed by atoms with van der Waals surface area (Å²) in [6.45, 7) is 4.97. The van der Waals surface area contributed by atoms with Crippen molar-refractivity contribution in [2.45, 2.75) is 456 Å². The van der Waals surface area contributed by atoms with Gasteiger partial charge < -0.3 is 20.3 Å². The second-order valence-corrected chi connectivity index (χ2v) is 27.7. The van der Waals surface area contributed by atoms with Crippen LogP contribution < -0.4 is 5.32 Å². The molecule has 0 aliphatic rings. The van der Waals surface area contributed by atoms with Gasteiger partial charge in [-0.25, -0.2) is 0 Å². The molecule has 0 saturated heterocycles. The van der Waals surface area contributed by atoms with E-state index in [4.69, 9.17) is 4.74 Å². The van der Waals surface area contributed by atoms with Gasteiger partial charge in [-0.05, 0) is 89.9 Å². The molecule has 0 aromatic rings. The molecule has 524 valence electrons. The first-order valence-electron chi connectivity index (χ1n) is 40.4. The maximum absolute atomic E-state index is 12.5. The highest BCUT2D eigenvalue weighted by molar-refractivity contribution is 5.76. The van der Waals surface area contributed by atoms with Crippen LogP contribution in [0, 0.1) is 0 Å². The van der Waals surface area contributed by atoms with Crippen LogP contribution in [0.1, 0.15) is 444 Å². The standard InChI is InChI=1S/C83H157NO5/c1-3-5-7-9-11-13-15-17-19-21-41-45-49-53-57-61-65-69-73-77-83(88)89-78-74-70-66-62-58-54-50-46-43-40-38-36-34-32-30-28-26-24-22-23-25-27-29-31-33-35-37-39-42-44-48-52-56-60-64-68-72-76-82(87)84-80(79-85)81(86)75-71-67-63-59-55-51-47-20-18-16-14-12-10-8-6-4-2/h11,13,17,19,22,24,28,30,80-81,85-86H,3-10,12,14-16,18,20-21,23,25-27,29,31-79H2,1-2H3,(H,84,87)/b13-11-,19-17-,24-22-,30-28-. The SMILES string of the molecule is CCCCC/C=C\C/C=C\CCCCCCCCCCCC(=O)OCCCCCCCCCCCCCCC/C=C\C/C=C\CCCCCCCCCCCCCCCCCCCC(=O)NC(CO)C(O)CCCCCCCCCCCCCCCCCC. The second kappa shape index (κ2) is 78.3. The number of unbranched alkanes of at least 4 members (excludes halogenated alkanes) is 57. The topological polar surface area (TPSA) is 95.9 Å². The van der Waals surface area contributed by atoms with Crippen LogP contribution in [0.5, 0.6) is 0 Å². The fourth-order valence-corrected chi connectivity index (χ4v) is 12.7. The van der Waals surface area contributed by atoms with Gasteiger partial charge in [0, 0.05) is 12.8 Å². The van der Waals surface area contributed by atoms with E-state index in [2.05, 4.69) is 67.8 Å². The van der Waals surface area contributed by atoms with Crippen LogP contribution in [0.15, 0.2) is 48.6 Å². The Labute approximate surface area is 556 Å². The number of hydrogen-bond acceptors (Lipinski definition) is 5. The third-order valence-electron chi connectivity index (χ3n) is 18.9. The van der Waals surface area contributed by atoms with E-state index in [0.717, 1.165) is 57.8 Å². The molecule has 0 rings (SSSR count). The van der Waals surface area contributed by atoms with Crippen LogP contribution in [0.3, 0.4) is 0 Å². The predicted octanol–water partition coefficient (Wildman–Crippen LogP) is 26.8. The van der Waals surface area contributed by atoms with Gasteiger partial charge in [0.15, 0.2) is 0 Å². The fraction of sp³-hybridized carbons (Fsp3) is 0.880. The normalized spacial score (nSPS) is 12.7. The Balaban J connectivity index is 3.35. The van der Waals surface area contributed by atoms with Crippen LogP contribution in [0.4, 0.5) is 0 Å². The van der Waals surface area contributed by atoms with Crippen LogP contribution in [0.25, 0.3) is 0 Å². The van der Waals surface area contributed by atoms with Crippen molar-refractivity contribution >= 4 is 11.9 Å². The molecule has 0 bridgehead atoms. The number of nitrogens with one attached hydrogen (secondary N) is 1. The van der Waals surface area contributed by atoms with Crippen LogP contribution in [-0.2, 0) is 14.3 Å². The minimum absolute atomic E-state index is 0.0155. The lowest BCUT2D eigenvalue weighted by Crippen LogP contribution is -2.45. The zero-order chi connectivity index (χ0) is 64.2. The number of carbonyl (C=O) groups is 2. The molecule has 0 fully saturated rings. The van der Waals surface area contributed by atoms with E-state index in [0.29, 0.717) is 25.9 Å². The third-order valence-corrected chi connectivity index (χ3v) is 18.9. The van der Waals surface area contributed by atoms with E-state index < -0.39 is 12.1 Å². The summed E-state index contributed by atoms with van der Waals surface area (Å²) in [6.07, 6.45) is 104. The third kappa shape index (κ3) is 74.7. The van der Waals surface area contributed by atoms with Crippen molar-refractivity contribution in [2.24, 2.45) is 0 Å². The maximum Gasteiger partial charge on any atom is 0.305 e. The summed E-state index contributed by atoms with van der Waals surface area (Å²) in [7, 11) is 0. The largest absolute Gasteiger partial charge is 0.466 e. The number of ether oxygens (including phenoxy) is 1. The predicted molar refractivity (Wildman–Crippen MR) is 393 cm³/mol. The minimum atomic E-state index is -0.663. The Kier molecular flexibility index (Phi) is 76.3. The highest BCUT2D eigenvalue weighted by atomic mass is 16.5. The average Bonchev–Trinajstić information content (AvgIpc) is 3.56. The smallest absolute Gasteiger partial charge is 0.305 e. The molecule has 0 saturated carbocycles. The molecule has 0 radical (unpaired) electrons. The van der Waals surface area contributed by atoms with Gasteiger partial charge in [0.2, 0.25) is 5.91 Å². The molecule has 2 atom stereocenters. The van der Waals surface area contributed by atoms with Crippen molar-refractivity contribution in [3.63, 3.8) is 0 Å².